The number of nitrogens with one attached hydrogen (secondary N) is 2. The fourth-order valence-electron chi connectivity index (χ4n) is 1.70. The standard InChI is InChI=1S/C13H23N5O2/c1-4-7-14-10-15-11(18-13(8-19)5-6-13)17-12(16-10)20-9(2)3/h9,19H,4-8H2,1-3H3,(H2,14,15,16,17,18). The molecule has 112 valence electrons. The highest BCUT2D eigenvalue weighted by atomic mass is 16.5. The van der Waals surface area contributed by atoms with Crippen LogP contribution in [-0.2, 0) is 0 Å². The van der Waals surface area contributed by atoms with Crippen molar-refractivity contribution in [3.05, 3.63) is 0 Å². The lowest BCUT2D eigenvalue weighted by Gasteiger charge is -2.16. The lowest BCUT2D eigenvalue weighted by molar-refractivity contribution is 0.222. The van der Waals surface area contributed by atoms with Crippen molar-refractivity contribution in [2.75, 3.05) is 23.8 Å². The molecule has 1 aromatic rings. The second-order valence-corrected chi connectivity index (χ2v) is 5.42. The number of anilines is 2. The Hall–Kier alpha value is -1.63. The molecule has 7 nitrogen and oxygen atoms in total. The summed E-state index contributed by atoms with van der Waals surface area (Å²) in [6.07, 6.45) is 2.83. The minimum Gasteiger partial charge on any atom is -0.461 e. The summed E-state index contributed by atoms with van der Waals surface area (Å²) in [4.78, 5) is 12.8. The number of hydrogen-bond donors (Lipinski definition) is 3. The van der Waals surface area contributed by atoms with Crippen LogP contribution in [0.4, 0.5) is 11.9 Å². The Morgan fingerprint density at radius 2 is 1.95 bits per heavy atom. The number of nitrogens with zero attached hydrogens (tertiary/aromatic N) is 3. The quantitative estimate of drug-likeness (QED) is 0.663. The van der Waals surface area contributed by atoms with Gasteiger partial charge in [-0.1, -0.05) is 6.92 Å². The maximum Gasteiger partial charge on any atom is 0.323 e. The molecule has 1 aliphatic carbocycles. The molecule has 0 amide bonds. The predicted molar refractivity (Wildman–Crippen MR) is 77.0 cm³/mol. The maximum absolute atomic E-state index is 9.36. The summed E-state index contributed by atoms with van der Waals surface area (Å²) in [5, 5.41) is 15.7. The van der Waals surface area contributed by atoms with Crippen LogP contribution in [0.1, 0.15) is 40.0 Å². The molecule has 0 aromatic carbocycles. The van der Waals surface area contributed by atoms with Crippen molar-refractivity contribution in [3.8, 4) is 6.01 Å². The number of rotatable bonds is 8. The van der Waals surface area contributed by atoms with E-state index in [4.69, 9.17) is 4.74 Å². The van der Waals surface area contributed by atoms with Crippen molar-refractivity contribution in [2.24, 2.45) is 0 Å². The van der Waals surface area contributed by atoms with Crippen molar-refractivity contribution in [3.63, 3.8) is 0 Å². The van der Waals surface area contributed by atoms with Gasteiger partial charge >= 0.3 is 6.01 Å². The predicted octanol–water partition coefficient (Wildman–Crippen LogP) is 1.42. The normalized spacial score (nSPS) is 16.1. The smallest absolute Gasteiger partial charge is 0.323 e. The van der Waals surface area contributed by atoms with Crippen molar-refractivity contribution >= 4 is 11.9 Å². The highest BCUT2D eigenvalue weighted by molar-refractivity contribution is 5.40. The van der Waals surface area contributed by atoms with E-state index in [0.29, 0.717) is 17.9 Å². The summed E-state index contributed by atoms with van der Waals surface area (Å²) in [5.74, 6) is 0.939. The number of hydrogen-bond acceptors (Lipinski definition) is 7. The van der Waals surface area contributed by atoms with Gasteiger partial charge in [-0.05, 0) is 33.1 Å². The Bertz CT molecular complexity index is 448. The summed E-state index contributed by atoms with van der Waals surface area (Å²) >= 11 is 0. The molecule has 1 saturated carbocycles. The van der Waals surface area contributed by atoms with E-state index < -0.39 is 0 Å². The second-order valence-electron chi connectivity index (χ2n) is 5.42. The Labute approximate surface area is 119 Å². The zero-order chi connectivity index (χ0) is 14.6. The van der Waals surface area contributed by atoms with E-state index in [1.165, 1.54) is 0 Å². The van der Waals surface area contributed by atoms with E-state index in [2.05, 4.69) is 32.5 Å². The summed E-state index contributed by atoms with van der Waals surface area (Å²) in [6, 6.07) is 0.296. The van der Waals surface area contributed by atoms with Crippen molar-refractivity contribution < 1.29 is 9.84 Å². The lowest BCUT2D eigenvalue weighted by Crippen LogP contribution is -2.27. The molecule has 2 rings (SSSR count). The monoisotopic (exact) mass is 281 g/mol. The van der Waals surface area contributed by atoms with Crippen LogP contribution in [0.3, 0.4) is 0 Å². The molecule has 1 aromatic heterocycles. The first kappa shape index (κ1) is 14.8. The topological polar surface area (TPSA) is 92.2 Å². The van der Waals surface area contributed by atoms with Gasteiger partial charge in [-0.25, -0.2) is 0 Å². The van der Waals surface area contributed by atoms with Crippen molar-refractivity contribution in [2.45, 2.75) is 51.7 Å². The van der Waals surface area contributed by atoms with E-state index in [1.807, 2.05) is 13.8 Å². The molecule has 7 heteroatoms. The molecule has 0 unspecified atom stereocenters. The molecule has 20 heavy (non-hydrogen) atoms. The molecular formula is C13H23N5O2. The number of aliphatic hydroxyl groups excluding tert-OH is 1. The minimum atomic E-state index is -0.265. The van der Waals surface area contributed by atoms with E-state index in [0.717, 1.165) is 25.8 Å². The Balaban J connectivity index is 2.15. The molecule has 0 aliphatic heterocycles. The highest BCUT2D eigenvalue weighted by Gasteiger charge is 2.42. The SMILES string of the molecule is CCCNc1nc(NC2(CO)CC2)nc(OC(C)C)n1. The zero-order valence-electron chi connectivity index (χ0n) is 12.3. The number of ether oxygens (including phenoxy) is 1. The van der Waals surface area contributed by atoms with Crippen molar-refractivity contribution in [1.29, 1.82) is 0 Å². The Kier molecular flexibility index (Phi) is 4.59. The Morgan fingerprint density at radius 1 is 1.25 bits per heavy atom. The van der Waals surface area contributed by atoms with Crippen LogP contribution < -0.4 is 15.4 Å². The van der Waals surface area contributed by atoms with Gasteiger partial charge in [0.05, 0.1) is 18.2 Å². The van der Waals surface area contributed by atoms with E-state index >= 15 is 0 Å². The average molecular weight is 281 g/mol. The highest BCUT2D eigenvalue weighted by Crippen LogP contribution is 2.37. The van der Waals surface area contributed by atoms with Gasteiger partial charge in [-0.15, -0.1) is 0 Å². The third-order valence-corrected chi connectivity index (χ3v) is 3.02. The molecule has 1 heterocycles. The van der Waals surface area contributed by atoms with Gasteiger partial charge in [-0.2, -0.15) is 15.0 Å². The summed E-state index contributed by atoms with van der Waals surface area (Å²) < 4.78 is 5.54. The first-order valence-corrected chi connectivity index (χ1v) is 7.12. The first-order valence-electron chi connectivity index (χ1n) is 7.12. The number of aliphatic hydroxyl groups is 1. The van der Waals surface area contributed by atoms with E-state index in [1.54, 1.807) is 0 Å². The zero-order valence-corrected chi connectivity index (χ0v) is 12.3. The van der Waals surface area contributed by atoms with Gasteiger partial charge in [0.15, 0.2) is 0 Å². The molecule has 1 fully saturated rings. The minimum absolute atomic E-state index is 0.00278. The van der Waals surface area contributed by atoms with Crippen LogP contribution >= 0.6 is 0 Å². The van der Waals surface area contributed by atoms with Gasteiger partial charge in [0, 0.05) is 6.54 Å². The largest absolute Gasteiger partial charge is 0.461 e. The van der Waals surface area contributed by atoms with Gasteiger partial charge in [0.1, 0.15) is 0 Å². The molecule has 0 radical (unpaired) electrons. The van der Waals surface area contributed by atoms with Crippen LogP contribution in [0, 0.1) is 0 Å². The summed E-state index contributed by atoms with van der Waals surface area (Å²) in [6.45, 7) is 6.79. The van der Waals surface area contributed by atoms with Crippen LogP contribution in [0.15, 0.2) is 0 Å². The third kappa shape index (κ3) is 3.93. The van der Waals surface area contributed by atoms with Crippen LogP contribution in [-0.4, -0.2) is 44.9 Å². The molecule has 0 bridgehead atoms. The van der Waals surface area contributed by atoms with Crippen LogP contribution in [0.25, 0.3) is 0 Å². The lowest BCUT2D eigenvalue weighted by atomic mass is 10.3. The molecule has 1 aliphatic rings. The fourth-order valence-corrected chi connectivity index (χ4v) is 1.70. The van der Waals surface area contributed by atoms with Gasteiger partial charge in [-0.3, -0.25) is 0 Å². The summed E-state index contributed by atoms with van der Waals surface area (Å²) in [5.41, 5.74) is -0.265. The molecule has 0 saturated heterocycles. The maximum atomic E-state index is 9.36. The van der Waals surface area contributed by atoms with Gasteiger partial charge in [0.25, 0.3) is 0 Å². The second kappa shape index (κ2) is 6.21. The molecule has 3 N–H and O–H groups in total. The van der Waals surface area contributed by atoms with Crippen LogP contribution in [0.5, 0.6) is 6.01 Å². The average Bonchev–Trinajstić information content (AvgIpc) is 3.15. The molecule has 0 spiro atoms. The molecule has 0 atom stereocenters. The van der Waals surface area contributed by atoms with E-state index in [9.17, 15) is 5.11 Å². The first-order chi connectivity index (χ1) is 9.57. The summed E-state index contributed by atoms with van der Waals surface area (Å²) in [7, 11) is 0. The van der Waals surface area contributed by atoms with Gasteiger partial charge < -0.3 is 20.5 Å². The van der Waals surface area contributed by atoms with Crippen LogP contribution in [0.2, 0.25) is 0 Å². The van der Waals surface area contributed by atoms with Gasteiger partial charge in [0.2, 0.25) is 11.9 Å². The Morgan fingerprint density at radius 3 is 2.50 bits per heavy atom. The van der Waals surface area contributed by atoms with Crippen molar-refractivity contribution in [1.82, 2.24) is 15.0 Å². The fraction of sp³-hybridized carbons (Fsp3) is 0.769. The molecular weight excluding hydrogens is 258 g/mol. The number of aromatic nitrogens is 3. The third-order valence-electron chi connectivity index (χ3n) is 3.02. The van der Waals surface area contributed by atoms with E-state index in [-0.39, 0.29) is 18.2 Å².